The van der Waals surface area contributed by atoms with E-state index in [-0.39, 0.29) is 5.91 Å². The van der Waals surface area contributed by atoms with Crippen LogP contribution in [0.1, 0.15) is 17.5 Å². The number of morpholine rings is 1. The Labute approximate surface area is 142 Å². The normalized spacial score (nSPS) is 14.5. The van der Waals surface area contributed by atoms with E-state index < -0.39 is 0 Å². The molecule has 0 unspecified atom stereocenters. The summed E-state index contributed by atoms with van der Waals surface area (Å²) in [6.45, 7) is 5.24. The van der Waals surface area contributed by atoms with Crippen molar-refractivity contribution in [3.05, 3.63) is 53.7 Å². The van der Waals surface area contributed by atoms with Crippen molar-refractivity contribution in [2.24, 2.45) is 0 Å². The Morgan fingerprint density at radius 1 is 1.17 bits per heavy atom. The molecule has 1 saturated heterocycles. The zero-order valence-corrected chi connectivity index (χ0v) is 14.0. The van der Waals surface area contributed by atoms with Gasteiger partial charge in [0, 0.05) is 19.5 Å². The van der Waals surface area contributed by atoms with Gasteiger partial charge in [-0.2, -0.15) is 0 Å². The second-order valence-corrected chi connectivity index (χ2v) is 6.04. The van der Waals surface area contributed by atoms with Crippen molar-refractivity contribution in [2.75, 3.05) is 36.5 Å². The van der Waals surface area contributed by atoms with Gasteiger partial charge < -0.3 is 15.0 Å². The highest BCUT2D eigenvalue weighted by Crippen LogP contribution is 2.16. The molecule has 1 aromatic heterocycles. The molecule has 2 heterocycles. The van der Waals surface area contributed by atoms with E-state index in [9.17, 15) is 4.79 Å². The van der Waals surface area contributed by atoms with Gasteiger partial charge in [-0.1, -0.05) is 29.8 Å². The maximum absolute atomic E-state index is 12.1. The van der Waals surface area contributed by atoms with Gasteiger partial charge in [0.1, 0.15) is 5.82 Å². The van der Waals surface area contributed by atoms with Crippen LogP contribution < -0.4 is 10.2 Å². The first kappa shape index (κ1) is 16.5. The summed E-state index contributed by atoms with van der Waals surface area (Å²) >= 11 is 0. The van der Waals surface area contributed by atoms with Crippen LogP contribution in [0.5, 0.6) is 0 Å². The Hall–Kier alpha value is -2.40. The number of hydrogen-bond donors (Lipinski definition) is 1. The Kier molecular flexibility index (Phi) is 5.43. The fourth-order valence-electron chi connectivity index (χ4n) is 2.68. The van der Waals surface area contributed by atoms with E-state index in [4.69, 9.17) is 4.74 Å². The molecule has 0 bridgehead atoms. The van der Waals surface area contributed by atoms with Crippen molar-refractivity contribution in [2.45, 2.75) is 19.8 Å². The minimum absolute atomic E-state index is 0.0106. The maximum Gasteiger partial charge on any atom is 0.224 e. The predicted molar refractivity (Wildman–Crippen MR) is 95.4 cm³/mol. The number of carbonyl (C=O) groups is 1. The molecular formula is C19H23N3O2. The standard InChI is InChI=1S/C19H23N3O2/c1-15-2-4-16(5-3-15)6-9-19(23)21-17-7-8-18(20-14-17)22-10-12-24-13-11-22/h2-5,7-8,14H,6,9-13H2,1H3,(H,21,23). The number of benzene rings is 1. The Morgan fingerprint density at radius 3 is 2.58 bits per heavy atom. The van der Waals surface area contributed by atoms with Gasteiger partial charge in [-0.3, -0.25) is 4.79 Å². The molecular weight excluding hydrogens is 302 g/mol. The van der Waals surface area contributed by atoms with E-state index in [2.05, 4.69) is 46.4 Å². The van der Waals surface area contributed by atoms with E-state index in [0.717, 1.165) is 44.2 Å². The van der Waals surface area contributed by atoms with Crippen molar-refractivity contribution in [3.63, 3.8) is 0 Å². The van der Waals surface area contributed by atoms with Crippen molar-refractivity contribution >= 4 is 17.4 Å². The lowest BCUT2D eigenvalue weighted by atomic mass is 10.1. The van der Waals surface area contributed by atoms with Crippen LogP contribution in [0, 0.1) is 6.92 Å². The highest BCUT2D eigenvalue weighted by atomic mass is 16.5. The van der Waals surface area contributed by atoms with Crippen molar-refractivity contribution < 1.29 is 9.53 Å². The highest BCUT2D eigenvalue weighted by molar-refractivity contribution is 5.90. The quantitative estimate of drug-likeness (QED) is 0.918. The molecule has 1 aliphatic heterocycles. The number of rotatable bonds is 5. The fraction of sp³-hybridized carbons (Fsp3) is 0.368. The van der Waals surface area contributed by atoms with Crippen LogP contribution in [-0.2, 0) is 16.0 Å². The smallest absolute Gasteiger partial charge is 0.224 e. The third kappa shape index (κ3) is 4.55. The third-order valence-corrected chi connectivity index (χ3v) is 4.13. The van der Waals surface area contributed by atoms with Crippen molar-refractivity contribution in [1.29, 1.82) is 0 Å². The molecule has 1 N–H and O–H groups in total. The van der Waals surface area contributed by atoms with E-state index in [0.29, 0.717) is 6.42 Å². The summed E-state index contributed by atoms with van der Waals surface area (Å²) in [4.78, 5) is 18.7. The molecule has 1 fully saturated rings. The number of carbonyl (C=O) groups excluding carboxylic acids is 1. The molecule has 1 amide bonds. The average Bonchev–Trinajstić information content (AvgIpc) is 2.63. The molecule has 24 heavy (non-hydrogen) atoms. The van der Waals surface area contributed by atoms with Gasteiger partial charge in [0.2, 0.25) is 5.91 Å². The number of aromatic nitrogens is 1. The lowest BCUT2D eigenvalue weighted by Gasteiger charge is -2.27. The molecule has 126 valence electrons. The van der Waals surface area contributed by atoms with Gasteiger partial charge in [0.05, 0.1) is 25.1 Å². The first-order chi connectivity index (χ1) is 11.7. The number of ether oxygens (including phenoxy) is 1. The van der Waals surface area contributed by atoms with Gasteiger partial charge in [-0.05, 0) is 31.0 Å². The topological polar surface area (TPSA) is 54.5 Å². The number of nitrogens with one attached hydrogen (secondary N) is 1. The Bertz CT molecular complexity index is 662. The summed E-state index contributed by atoms with van der Waals surface area (Å²) in [7, 11) is 0. The van der Waals surface area contributed by atoms with Crippen LogP contribution in [0.4, 0.5) is 11.5 Å². The highest BCUT2D eigenvalue weighted by Gasteiger charge is 2.12. The summed E-state index contributed by atoms with van der Waals surface area (Å²) in [6.07, 6.45) is 2.92. The first-order valence-corrected chi connectivity index (χ1v) is 8.35. The molecule has 3 rings (SSSR count). The molecule has 0 aliphatic carbocycles. The lowest BCUT2D eigenvalue weighted by molar-refractivity contribution is -0.116. The summed E-state index contributed by atoms with van der Waals surface area (Å²) in [5, 5.41) is 2.91. The minimum Gasteiger partial charge on any atom is -0.378 e. The molecule has 5 heteroatoms. The van der Waals surface area contributed by atoms with Crippen LogP contribution >= 0.6 is 0 Å². The molecule has 0 spiro atoms. The van der Waals surface area contributed by atoms with E-state index in [1.165, 1.54) is 11.1 Å². The summed E-state index contributed by atoms with van der Waals surface area (Å²) in [5.74, 6) is 0.937. The minimum atomic E-state index is 0.0106. The van der Waals surface area contributed by atoms with Crippen LogP contribution in [0.25, 0.3) is 0 Å². The predicted octanol–water partition coefficient (Wildman–Crippen LogP) is 2.80. The molecule has 2 aromatic rings. The zero-order chi connectivity index (χ0) is 16.8. The summed E-state index contributed by atoms with van der Waals surface area (Å²) in [6, 6.07) is 12.1. The number of anilines is 2. The fourth-order valence-corrected chi connectivity index (χ4v) is 2.68. The molecule has 0 radical (unpaired) electrons. The number of hydrogen-bond acceptors (Lipinski definition) is 4. The average molecular weight is 325 g/mol. The van der Waals surface area contributed by atoms with E-state index >= 15 is 0 Å². The molecule has 1 aliphatic rings. The number of aryl methyl sites for hydroxylation is 2. The lowest BCUT2D eigenvalue weighted by Crippen LogP contribution is -2.36. The van der Waals surface area contributed by atoms with E-state index in [1.807, 2.05) is 12.1 Å². The number of nitrogens with zero attached hydrogens (tertiary/aromatic N) is 2. The van der Waals surface area contributed by atoms with Crippen LogP contribution in [0.3, 0.4) is 0 Å². The van der Waals surface area contributed by atoms with Gasteiger partial charge in [0.15, 0.2) is 0 Å². The third-order valence-electron chi connectivity index (χ3n) is 4.13. The second-order valence-electron chi connectivity index (χ2n) is 6.04. The maximum atomic E-state index is 12.1. The largest absolute Gasteiger partial charge is 0.378 e. The van der Waals surface area contributed by atoms with Crippen molar-refractivity contribution in [1.82, 2.24) is 4.98 Å². The number of amides is 1. The van der Waals surface area contributed by atoms with Crippen molar-refractivity contribution in [3.8, 4) is 0 Å². The van der Waals surface area contributed by atoms with Crippen LogP contribution in [0.2, 0.25) is 0 Å². The summed E-state index contributed by atoms with van der Waals surface area (Å²) in [5.41, 5.74) is 3.15. The second kappa shape index (κ2) is 7.93. The molecule has 0 atom stereocenters. The van der Waals surface area contributed by atoms with Gasteiger partial charge >= 0.3 is 0 Å². The number of pyridine rings is 1. The molecule has 5 nitrogen and oxygen atoms in total. The Balaban J connectivity index is 1.49. The van der Waals surface area contributed by atoms with Gasteiger partial charge in [-0.15, -0.1) is 0 Å². The van der Waals surface area contributed by atoms with Gasteiger partial charge in [-0.25, -0.2) is 4.98 Å². The SMILES string of the molecule is Cc1ccc(CCC(=O)Nc2ccc(N3CCOCC3)nc2)cc1. The molecule has 1 aromatic carbocycles. The summed E-state index contributed by atoms with van der Waals surface area (Å²) < 4.78 is 5.34. The monoisotopic (exact) mass is 325 g/mol. The van der Waals surface area contributed by atoms with Gasteiger partial charge in [0.25, 0.3) is 0 Å². The van der Waals surface area contributed by atoms with Crippen LogP contribution in [-0.4, -0.2) is 37.2 Å². The van der Waals surface area contributed by atoms with E-state index in [1.54, 1.807) is 6.20 Å². The molecule has 0 saturated carbocycles. The first-order valence-electron chi connectivity index (χ1n) is 8.35. The van der Waals surface area contributed by atoms with Crippen LogP contribution in [0.15, 0.2) is 42.6 Å². The zero-order valence-electron chi connectivity index (χ0n) is 14.0. The Morgan fingerprint density at radius 2 is 1.92 bits per heavy atom.